The third-order valence-corrected chi connectivity index (χ3v) is 4.56. The summed E-state index contributed by atoms with van der Waals surface area (Å²) >= 11 is 5.92. The van der Waals surface area contributed by atoms with Crippen LogP contribution in [0.5, 0.6) is 0 Å². The van der Waals surface area contributed by atoms with Gasteiger partial charge in [0.2, 0.25) is 5.95 Å². The van der Waals surface area contributed by atoms with Crippen molar-refractivity contribution in [2.24, 2.45) is 0 Å². The molecule has 0 spiro atoms. The SMILES string of the molecule is Nc1cnc(Cl)cc1-c1nc(Nc2ccnc(C(F)(F)F)c2)nc(-c2cccc(C(F)(F)F)n2)n1. The maximum atomic E-state index is 13.2. The van der Waals surface area contributed by atoms with Crippen LogP contribution in [0.25, 0.3) is 22.9 Å². The van der Waals surface area contributed by atoms with E-state index in [1.165, 1.54) is 24.4 Å². The Kier molecular flexibility index (Phi) is 6.15. The van der Waals surface area contributed by atoms with Gasteiger partial charge in [-0.25, -0.2) is 15.0 Å². The van der Waals surface area contributed by atoms with E-state index >= 15 is 0 Å². The molecule has 4 aromatic rings. The van der Waals surface area contributed by atoms with E-state index in [0.29, 0.717) is 6.07 Å². The molecule has 0 bridgehead atoms. The molecule has 8 nitrogen and oxygen atoms in total. The Bertz CT molecular complexity index is 1390. The Morgan fingerprint density at radius 2 is 1.51 bits per heavy atom. The maximum absolute atomic E-state index is 13.2. The molecule has 0 fully saturated rings. The van der Waals surface area contributed by atoms with Crippen molar-refractivity contribution in [1.82, 2.24) is 29.9 Å². The molecule has 0 radical (unpaired) electrons. The fraction of sp³-hybridized carbons (Fsp3) is 0.100. The zero-order valence-electron chi connectivity index (χ0n) is 17.0. The number of aromatic nitrogens is 6. The van der Waals surface area contributed by atoms with Gasteiger partial charge in [0, 0.05) is 17.4 Å². The van der Waals surface area contributed by atoms with Gasteiger partial charge in [0.05, 0.1) is 11.9 Å². The Hall–Kier alpha value is -4.07. The topological polar surface area (TPSA) is 115 Å². The molecule has 0 aromatic carbocycles. The number of rotatable bonds is 4. The summed E-state index contributed by atoms with van der Waals surface area (Å²) in [6, 6.07) is 6.35. The molecule has 180 valence electrons. The first-order valence-electron chi connectivity index (χ1n) is 9.42. The van der Waals surface area contributed by atoms with E-state index in [4.69, 9.17) is 17.3 Å². The molecule has 0 saturated heterocycles. The van der Waals surface area contributed by atoms with Crippen molar-refractivity contribution in [3.63, 3.8) is 0 Å². The summed E-state index contributed by atoms with van der Waals surface area (Å²) in [4.78, 5) is 22.9. The van der Waals surface area contributed by atoms with Crippen LogP contribution in [0.15, 0.2) is 48.8 Å². The summed E-state index contributed by atoms with van der Waals surface area (Å²) in [6.45, 7) is 0. The summed E-state index contributed by atoms with van der Waals surface area (Å²) in [5.41, 5.74) is 3.44. The normalized spacial score (nSPS) is 12.0. The third kappa shape index (κ3) is 5.54. The van der Waals surface area contributed by atoms with Gasteiger partial charge in [0.1, 0.15) is 22.2 Å². The van der Waals surface area contributed by atoms with Gasteiger partial charge in [-0.15, -0.1) is 0 Å². The molecule has 4 heterocycles. The molecular formula is C20H11ClF6N8. The van der Waals surface area contributed by atoms with E-state index in [0.717, 1.165) is 18.3 Å². The minimum Gasteiger partial charge on any atom is -0.397 e. The van der Waals surface area contributed by atoms with E-state index in [2.05, 4.69) is 35.2 Å². The van der Waals surface area contributed by atoms with Crippen LogP contribution in [0.2, 0.25) is 5.15 Å². The second-order valence-corrected chi connectivity index (χ2v) is 7.25. The summed E-state index contributed by atoms with van der Waals surface area (Å²) in [5, 5.41) is 2.59. The Morgan fingerprint density at radius 3 is 2.23 bits per heavy atom. The molecule has 0 amide bonds. The molecule has 4 aromatic heterocycles. The van der Waals surface area contributed by atoms with Gasteiger partial charge >= 0.3 is 12.4 Å². The highest BCUT2D eigenvalue weighted by Gasteiger charge is 2.33. The Morgan fingerprint density at radius 1 is 0.800 bits per heavy atom. The zero-order valence-corrected chi connectivity index (χ0v) is 17.8. The predicted molar refractivity (Wildman–Crippen MR) is 113 cm³/mol. The highest BCUT2D eigenvalue weighted by atomic mass is 35.5. The Balaban J connectivity index is 1.85. The quantitative estimate of drug-likeness (QED) is 0.275. The number of alkyl halides is 6. The first-order valence-corrected chi connectivity index (χ1v) is 9.80. The largest absolute Gasteiger partial charge is 0.433 e. The van der Waals surface area contributed by atoms with Crippen molar-refractivity contribution in [3.8, 4) is 22.9 Å². The molecule has 0 unspecified atom stereocenters. The van der Waals surface area contributed by atoms with Crippen LogP contribution in [0, 0.1) is 0 Å². The second kappa shape index (κ2) is 8.94. The standard InChI is InChI=1S/C20H11ClF6N8/c21-15-7-10(11(28)8-30-15)16-33-17(12-2-1-3-13(32-12)19(22,23)24)35-18(34-16)31-9-4-5-29-14(6-9)20(25,26)27/h1-8H,28H2,(H,29,31,33,34,35). The first-order chi connectivity index (χ1) is 16.4. The highest BCUT2D eigenvalue weighted by molar-refractivity contribution is 6.29. The van der Waals surface area contributed by atoms with Gasteiger partial charge in [0.25, 0.3) is 0 Å². The fourth-order valence-electron chi connectivity index (χ4n) is 2.81. The van der Waals surface area contributed by atoms with Gasteiger partial charge in [-0.05, 0) is 30.3 Å². The van der Waals surface area contributed by atoms with Crippen LogP contribution in [0.4, 0.5) is 43.7 Å². The molecule has 15 heteroatoms. The molecule has 0 atom stereocenters. The summed E-state index contributed by atoms with van der Waals surface area (Å²) in [7, 11) is 0. The molecular weight excluding hydrogens is 502 g/mol. The number of anilines is 3. The number of nitrogens with zero attached hydrogens (tertiary/aromatic N) is 6. The van der Waals surface area contributed by atoms with E-state index < -0.39 is 23.7 Å². The molecule has 0 aliphatic carbocycles. The lowest BCUT2D eigenvalue weighted by Gasteiger charge is -2.12. The molecule has 0 saturated carbocycles. The van der Waals surface area contributed by atoms with Gasteiger partial charge in [-0.3, -0.25) is 4.98 Å². The number of nitrogen functional groups attached to an aromatic ring is 1. The number of halogens is 7. The summed E-state index contributed by atoms with van der Waals surface area (Å²) in [6.07, 6.45) is -7.31. The number of nitrogens with one attached hydrogen (secondary N) is 1. The van der Waals surface area contributed by atoms with Gasteiger partial charge in [-0.1, -0.05) is 17.7 Å². The van der Waals surface area contributed by atoms with E-state index in [1.807, 2.05) is 0 Å². The maximum Gasteiger partial charge on any atom is 0.433 e. The first kappa shape index (κ1) is 24.1. The number of hydrogen-bond acceptors (Lipinski definition) is 8. The fourth-order valence-corrected chi connectivity index (χ4v) is 2.97. The predicted octanol–water partition coefficient (Wildman–Crippen LogP) is 5.41. The van der Waals surface area contributed by atoms with E-state index in [1.54, 1.807) is 0 Å². The number of pyridine rings is 3. The molecule has 0 aliphatic heterocycles. The van der Waals surface area contributed by atoms with Crippen molar-refractivity contribution in [2.45, 2.75) is 12.4 Å². The van der Waals surface area contributed by atoms with Gasteiger partial charge in [-0.2, -0.15) is 36.3 Å². The lowest BCUT2D eigenvalue weighted by Crippen LogP contribution is -2.10. The third-order valence-electron chi connectivity index (χ3n) is 4.35. The van der Waals surface area contributed by atoms with Crippen LogP contribution >= 0.6 is 11.6 Å². The monoisotopic (exact) mass is 512 g/mol. The molecule has 35 heavy (non-hydrogen) atoms. The Labute approximate surface area is 197 Å². The molecule has 4 rings (SSSR count). The van der Waals surface area contributed by atoms with Crippen LogP contribution in [-0.2, 0) is 12.4 Å². The van der Waals surface area contributed by atoms with E-state index in [9.17, 15) is 26.3 Å². The lowest BCUT2D eigenvalue weighted by atomic mass is 10.2. The highest BCUT2D eigenvalue weighted by Crippen LogP contribution is 2.32. The smallest absolute Gasteiger partial charge is 0.397 e. The number of hydrogen-bond donors (Lipinski definition) is 2. The van der Waals surface area contributed by atoms with Gasteiger partial charge in [0.15, 0.2) is 11.6 Å². The van der Waals surface area contributed by atoms with Crippen LogP contribution in [0.3, 0.4) is 0 Å². The lowest BCUT2D eigenvalue weighted by molar-refractivity contribution is -0.141. The minimum atomic E-state index is -4.74. The molecule has 0 aliphatic rings. The van der Waals surface area contributed by atoms with Crippen LogP contribution in [0.1, 0.15) is 11.4 Å². The average molecular weight is 513 g/mol. The van der Waals surface area contributed by atoms with E-state index in [-0.39, 0.29) is 45.4 Å². The van der Waals surface area contributed by atoms with Crippen molar-refractivity contribution < 1.29 is 26.3 Å². The minimum absolute atomic E-state index is 0.0202. The number of nitrogens with two attached hydrogens (primary N) is 1. The average Bonchev–Trinajstić information content (AvgIpc) is 2.79. The molecule has 3 N–H and O–H groups in total. The van der Waals surface area contributed by atoms with Crippen molar-refractivity contribution in [1.29, 1.82) is 0 Å². The van der Waals surface area contributed by atoms with Crippen molar-refractivity contribution in [2.75, 3.05) is 11.1 Å². The zero-order chi connectivity index (χ0) is 25.4. The second-order valence-electron chi connectivity index (χ2n) is 6.86. The van der Waals surface area contributed by atoms with Crippen LogP contribution < -0.4 is 11.1 Å². The van der Waals surface area contributed by atoms with Crippen molar-refractivity contribution in [3.05, 3.63) is 65.3 Å². The summed E-state index contributed by atoms with van der Waals surface area (Å²) < 4.78 is 78.6. The summed E-state index contributed by atoms with van der Waals surface area (Å²) in [5.74, 6) is -0.736. The van der Waals surface area contributed by atoms with Gasteiger partial charge < -0.3 is 11.1 Å². The van der Waals surface area contributed by atoms with Crippen LogP contribution in [-0.4, -0.2) is 29.9 Å². The van der Waals surface area contributed by atoms with Crippen molar-refractivity contribution >= 4 is 28.9 Å².